The van der Waals surface area contributed by atoms with Crippen molar-refractivity contribution < 1.29 is 0 Å². The van der Waals surface area contributed by atoms with Crippen LogP contribution in [0.3, 0.4) is 0 Å². The molecule has 1 unspecified atom stereocenters. The van der Waals surface area contributed by atoms with Gasteiger partial charge >= 0.3 is 0 Å². The highest BCUT2D eigenvalue weighted by molar-refractivity contribution is 7.99. The zero-order valence-corrected chi connectivity index (χ0v) is 17.8. The zero-order chi connectivity index (χ0) is 19.3. The molecule has 0 aliphatic carbocycles. The highest BCUT2D eigenvalue weighted by Gasteiger charge is 2.28. The number of hydrogen-bond acceptors (Lipinski definition) is 1. The van der Waals surface area contributed by atoms with Crippen molar-refractivity contribution in [1.29, 1.82) is 0 Å². The van der Waals surface area contributed by atoms with E-state index in [0.29, 0.717) is 0 Å². The van der Waals surface area contributed by atoms with E-state index >= 15 is 0 Å². The molecule has 0 spiro atoms. The maximum atomic E-state index is 2.28. The summed E-state index contributed by atoms with van der Waals surface area (Å²) in [5.41, 5.74) is 2.59. The lowest BCUT2D eigenvalue weighted by Gasteiger charge is -2.09. The van der Waals surface area contributed by atoms with Crippen LogP contribution in [0, 0.1) is 13.8 Å². The average molecular weight is 400 g/mol. The molecular formula is C26H23S2+. The van der Waals surface area contributed by atoms with Crippen molar-refractivity contribution in [2.24, 2.45) is 0 Å². The van der Waals surface area contributed by atoms with E-state index in [-0.39, 0.29) is 10.9 Å². The van der Waals surface area contributed by atoms with E-state index in [4.69, 9.17) is 0 Å². The number of aryl methyl sites for hydroxylation is 2. The molecule has 0 aliphatic rings. The summed E-state index contributed by atoms with van der Waals surface area (Å²) in [5, 5.41) is 0. The summed E-state index contributed by atoms with van der Waals surface area (Å²) >= 11 is 1.81. The molecule has 0 N–H and O–H groups in total. The van der Waals surface area contributed by atoms with E-state index in [1.165, 1.54) is 35.6 Å². The van der Waals surface area contributed by atoms with Crippen LogP contribution in [0.25, 0.3) is 0 Å². The van der Waals surface area contributed by atoms with Crippen molar-refractivity contribution >= 4 is 22.7 Å². The number of hydrogen-bond donors (Lipinski definition) is 0. The van der Waals surface area contributed by atoms with Gasteiger partial charge in [-0.3, -0.25) is 0 Å². The fraction of sp³-hybridized carbons (Fsp3) is 0.0769. The third-order valence-electron chi connectivity index (χ3n) is 4.55. The Hall–Kier alpha value is -2.42. The first-order valence-electron chi connectivity index (χ1n) is 9.40. The Morgan fingerprint density at radius 1 is 0.464 bits per heavy atom. The van der Waals surface area contributed by atoms with Gasteiger partial charge in [0.2, 0.25) is 0 Å². The molecule has 0 nitrogen and oxygen atoms in total. The van der Waals surface area contributed by atoms with Crippen molar-refractivity contribution in [2.45, 2.75) is 38.3 Å². The summed E-state index contributed by atoms with van der Waals surface area (Å²) in [7, 11) is -0.0900. The van der Waals surface area contributed by atoms with E-state index < -0.39 is 0 Å². The molecule has 28 heavy (non-hydrogen) atoms. The van der Waals surface area contributed by atoms with Gasteiger partial charge in [0.15, 0.2) is 14.7 Å². The van der Waals surface area contributed by atoms with Crippen LogP contribution in [0.5, 0.6) is 0 Å². The second-order valence-corrected chi connectivity index (χ2v) is 9.99. The van der Waals surface area contributed by atoms with Crippen LogP contribution < -0.4 is 0 Å². The monoisotopic (exact) mass is 399 g/mol. The van der Waals surface area contributed by atoms with Gasteiger partial charge in [0, 0.05) is 9.79 Å². The molecule has 0 saturated heterocycles. The molecule has 0 fully saturated rings. The van der Waals surface area contributed by atoms with Crippen LogP contribution in [0.2, 0.25) is 0 Å². The Balaban J connectivity index is 1.65. The molecule has 4 aromatic carbocycles. The van der Waals surface area contributed by atoms with E-state index in [0.717, 1.165) is 0 Å². The van der Waals surface area contributed by atoms with Crippen LogP contribution >= 0.6 is 11.8 Å². The van der Waals surface area contributed by atoms with Gasteiger partial charge in [0.25, 0.3) is 0 Å². The summed E-state index contributed by atoms with van der Waals surface area (Å²) < 4.78 is 0. The summed E-state index contributed by atoms with van der Waals surface area (Å²) in [6, 6.07) is 37.5. The molecule has 0 saturated carbocycles. The molecule has 1 atom stereocenters. The molecule has 0 heterocycles. The minimum Gasteiger partial charge on any atom is -0.0901 e. The molecule has 0 amide bonds. The summed E-state index contributed by atoms with van der Waals surface area (Å²) in [6.45, 7) is 4.26. The van der Waals surface area contributed by atoms with Crippen molar-refractivity contribution in [2.75, 3.05) is 0 Å². The van der Waals surface area contributed by atoms with Gasteiger partial charge in [0.05, 0.1) is 10.9 Å². The van der Waals surface area contributed by atoms with Gasteiger partial charge in [-0.15, -0.1) is 0 Å². The van der Waals surface area contributed by atoms with Gasteiger partial charge in [-0.1, -0.05) is 65.4 Å². The molecule has 0 aromatic heterocycles. The molecule has 138 valence electrons. The van der Waals surface area contributed by atoms with E-state index in [1.807, 2.05) is 11.8 Å². The van der Waals surface area contributed by atoms with Crippen molar-refractivity contribution in [3.05, 3.63) is 114 Å². The minimum absolute atomic E-state index is 0.0900. The van der Waals surface area contributed by atoms with Crippen LogP contribution in [0.15, 0.2) is 128 Å². The van der Waals surface area contributed by atoms with Crippen LogP contribution in [-0.4, -0.2) is 0 Å². The van der Waals surface area contributed by atoms with E-state index in [9.17, 15) is 0 Å². The van der Waals surface area contributed by atoms with Crippen LogP contribution in [0.1, 0.15) is 11.1 Å². The van der Waals surface area contributed by atoms with E-state index in [1.54, 1.807) is 0 Å². The maximum Gasteiger partial charge on any atom is 0.166 e. The fourth-order valence-electron chi connectivity index (χ4n) is 3.03. The van der Waals surface area contributed by atoms with Crippen molar-refractivity contribution in [3.8, 4) is 0 Å². The standard InChI is InChI=1S/C26H23S2/c1-20-8-12-22(13-9-20)27-23-14-18-26(19-15-23)28(24-6-4-3-5-7-24)25-16-10-21(2)11-17-25/h3-19H,1-2H3/q+1. The fourth-order valence-corrected chi connectivity index (χ4v) is 5.90. The third-order valence-corrected chi connectivity index (χ3v) is 7.80. The Morgan fingerprint density at radius 2 is 0.857 bits per heavy atom. The van der Waals surface area contributed by atoms with Gasteiger partial charge in [0.1, 0.15) is 0 Å². The molecule has 0 radical (unpaired) electrons. The number of benzene rings is 4. The Kier molecular flexibility index (Phi) is 5.90. The lowest BCUT2D eigenvalue weighted by Crippen LogP contribution is -2.04. The quantitative estimate of drug-likeness (QED) is 0.312. The molecule has 2 heteroatoms. The molecule has 4 rings (SSSR count). The predicted octanol–water partition coefficient (Wildman–Crippen LogP) is 7.55. The van der Waals surface area contributed by atoms with Crippen molar-refractivity contribution in [1.82, 2.24) is 0 Å². The van der Waals surface area contributed by atoms with Gasteiger partial charge in [-0.05, 0) is 74.5 Å². The van der Waals surface area contributed by atoms with Gasteiger partial charge in [-0.25, -0.2) is 0 Å². The Bertz CT molecular complexity index is 1020. The predicted molar refractivity (Wildman–Crippen MR) is 122 cm³/mol. The van der Waals surface area contributed by atoms with Gasteiger partial charge < -0.3 is 0 Å². The van der Waals surface area contributed by atoms with Gasteiger partial charge in [-0.2, -0.15) is 0 Å². The van der Waals surface area contributed by atoms with Crippen LogP contribution in [-0.2, 0) is 10.9 Å². The normalized spacial score (nSPS) is 11.9. The first-order valence-corrected chi connectivity index (χ1v) is 11.4. The molecular weight excluding hydrogens is 376 g/mol. The lowest BCUT2D eigenvalue weighted by atomic mass is 10.2. The second kappa shape index (κ2) is 8.72. The first kappa shape index (κ1) is 18.9. The topological polar surface area (TPSA) is 0 Å². The highest BCUT2D eigenvalue weighted by atomic mass is 32.2. The summed E-state index contributed by atoms with van der Waals surface area (Å²) in [5.74, 6) is 0. The smallest absolute Gasteiger partial charge is 0.0901 e. The third kappa shape index (κ3) is 4.52. The average Bonchev–Trinajstić information content (AvgIpc) is 2.73. The lowest BCUT2D eigenvalue weighted by molar-refractivity contribution is 1.27. The second-order valence-electron chi connectivity index (χ2n) is 6.82. The highest BCUT2D eigenvalue weighted by Crippen LogP contribution is 2.34. The van der Waals surface area contributed by atoms with Crippen molar-refractivity contribution in [3.63, 3.8) is 0 Å². The van der Waals surface area contributed by atoms with E-state index in [2.05, 4.69) is 117 Å². The molecule has 4 aromatic rings. The molecule has 0 aliphatic heterocycles. The largest absolute Gasteiger partial charge is 0.166 e. The first-order chi connectivity index (χ1) is 13.7. The summed E-state index contributed by atoms with van der Waals surface area (Å²) in [6.07, 6.45) is 0. The zero-order valence-electron chi connectivity index (χ0n) is 16.1. The SMILES string of the molecule is Cc1ccc(Sc2ccc([S+](c3ccccc3)c3ccc(C)cc3)cc2)cc1. The minimum atomic E-state index is -0.0900. The Labute approximate surface area is 175 Å². The summed E-state index contributed by atoms with van der Waals surface area (Å²) in [4.78, 5) is 6.61. The Morgan fingerprint density at radius 3 is 1.39 bits per heavy atom. The maximum absolute atomic E-state index is 2.28. The number of rotatable bonds is 5. The molecule has 0 bridgehead atoms. The van der Waals surface area contributed by atoms with Crippen LogP contribution in [0.4, 0.5) is 0 Å².